The van der Waals surface area contributed by atoms with E-state index in [-0.39, 0.29) is 23.8 Å². The predicted octanol–water partition coefficient (Wildman–Crippen LogP) is 3.06. The maximum atomic E-state index is 12.4. The molecular formula is C15H21NO6S3. The van der Waals surface area contributed by atoms with Crippen LogP contribution >= 0.6 is 22.1 Å². The lowest BCUT2D eigenvalue weighted by atomic mass is 9.95. The van der Waals surface area contributed by atoms with Gasteiger partial charge in [0.25, 0.3) is 0 Å². The Bertz CT molecular complexity index is 756. The van der Waals surface area contributed by atoms with Gasteiger partial charge in [0.05, 0.1) is 12.2 Å². The van der Waals surface area contributed by atoms with Gasteiger partial charge in [-0.3, -0.25) is 9.35 Å². The van der Waals surface area contributed by atoms with Crippen LogP contribution in [0, 0.1) is 0 Å². The first kappa shape index (κ1) is 20.2. The third-order valence-corrected chi connectivity index (χ3v) is 7.45. The molecule has 1 aliphatic rings. The zero-order valence-corrected chi connectivity index (χ0v) is 16.5. The molecule has 0 saturated carbocycles. The van der Waals surface area contributed by atoms with Crippen molar-refractivity contribution in [2.45, 2.75) is 51.2 Å². The molecule has 1 aromatic rings. The number of carbonyl (C=O) groups is 2. The minimum atomic E-state index is -4.34. The van der Waals surface area contributed by atoms with Crippen LogP contribution in [0.15, 0.2) is 0 Å². The molecule has 2 rings (SSSR count). The van der Waals surface area contributed by atoms with Crippen molar-refractivity contribution >= 4 is 48.2 Å². The van der Waals surface area contributed by atoms with Gasteiger partial charge in [-0.25, -0.2) is 4.79 Å². The number of amides is 1. The Morgan fingerprint density at radius 1 is 1.32 bits per heavy atom. The molecule has 0 fully saturated rings. The van der Waals surface area contributed by atoms with Gasteiger partial charge in [0.15, 0.2) is 0 Å². The molecule has 10 heteroatoms. The number of nitrogens with one attached hydrogen (secondary N) is 1. The summed E-state index contributed by atoms with van der Waals surface area (Å²) in [5.74, 6) is -1.04. The highest BCUT2D eigenvalue weighted by atomic mass is 33.1. The SMILES string of the molecule is CCOC(=O)c1c(NC(=O)[C@H](CC)SS(=O)(=O)O)sc2c1CCCC2. The van der Waals surface area contributed by atoms with Gasteiger partial charge in [-0.05, 0) is 44.6 Å². The number of hydrogen-bond acceptors (Lipinski definition) is 7. The van der Waals surface area contributed by atoms with E-state index < -0.39 is 26.3 Å². The predicted molar refractivity (Wildman–Crippen MR) is 98.8 cm³/mol. The number of carbonyl (C=O) groups excluding carboxylic acids is 2. The number of fused-ring (bicyclic) bond motifs is 1. The second-order valence-corrected chi connectivity index (χ2v) is 10.1. The minimum Gasteiger partial charge on any atom is -0.462 e. The summed E-state index contributed by atoms with van der Waals surface area (Å²) in [5, 5.41) is 2.09. The van der Waals surface area contributed by atoms with E-state index in [0.29, 0.717) is 10.6 Å². The van der Waals surface area contributed by atoms with Crippen LogP contribution in [0.25, 0.3) is 0 Å². The number of aryl methyl sites for hydroxylation is 1. The minimum absolute atomic E-state index is 0.193. The summed E-state index contributed by atoms with van der Waals surface area (Å²) in [6.45, 7) is 3.59. The molecule has 2 N–H and O–H groups in total. The molecule has 0 bridgehead atoms. The Balaban J connectivity index is 2.30. The Kier molecular flexibility index (Phi) is 6.89. The molecule has 0 spiro atoms. The van der Waals surface area contributed by atoms with Gasteiger partial charge in [0.2, 0.25) is 5.91 Å². The fraction of sp³-hybridized carbons (Fsp3) is 0.600. The van der Waals surface area contributed by atoms with Crippen molar-refractivity contribution in [3.05, 3.63) is 16.0 Å². The van der Waals surface area contributed by atoms with Crippen molar-refractivity contribution in [1.29, 1.82) is 0 Å². The molecule has 1 heterocycles. The van der Waals surface area contributed by atoms with E-state index in [2.05, 4.69) is 5.32 Å². The normalized spacial score (nSPS) is 15.3. The van der Waals surface area contributed by atoms with Crippen molar-refractivity contribution in [1.82, 2.24) is 0 Å². The highest BCUT2D eigenvalue weighted by Gasteiger charge is 2.30. The zero-order chi connectivity index (χ0) is 18.6. The fourth-order valence-electron chi connectivity index (χ4n) is 2.71. The number of rotatable bonds is 7. The summed E-state index contributed by atoms with van der Waals surface area (Å²) in [7, 11) is -4.15. The molecule has 0 saturated heterocycles. The Labute approximate surface area is 154 Å². The fourth-order valence-corrected chi connectivity index (χ4v) is 6.12. The lowest BCUT2D eigenvalue weighted by Crippen LogP contribution is -2.26. The van der Waals surface area contributed by atoms with E-state index in [1.807, 2.05) is 0 Å². The standard InChI is InChI=1S/C15H21NO6S3/c1-3-10(24-25(19,20)21)13(17)16-14-12(15(18)22-4-2)9-7-5-6-8-11(9)23-14/h10H,3-8H2,1-2H3,(H,16,17)(H,19,20,21)/t10-/m0/s1. The molecule has 1 atom stereocenters. The van der Waals surface area contributed by atoms with Crippen LogP contribution in [0.3, 0.4) is 0 Å². The van der Waals surface area contributed by atoms with Crippen LogP contribution in [0.4, 0.5) is 5.00 Å². The van der Waals surface area contributed by atoms with Crippen molar-refractivity contribution in [2.24, 2.45) is 0 Å². The quantitative estimate of drug-likeness (QED) is 0.406. The van der Waals surface area contributed by atoms with Crippen LogP contribution in [-0.2, 0) is 31.5 Å². The van der Waals surface area contributed by atoms with Crippen LogP contribution in [0.2, 0.25) is 0 Å². The van der Waals surface area contributed by atoms with Crippen LogP contribution < -0.4 is 5.32 Å². The van der Waals surface area contributed by atoms with Gasteiger partial charge < -0.3 is 10.1 Å². The molecule has 140 valence electrons. The summed E-state index contributed by atoms with van der Waals surface area (Å²) >= 11 is 1.34. The maximum Gasteiger partial charge on any atom is 0.341 e. The summed E-state index contributed by atoms with van der Waals surface area (Å²) in [4.78, 5) is 25.8. The molecule has 25 heavy (non-hydrogen) atoms. The van der Waals surface area contributed by atoms with Gasteiger partial charge in [-0.2, -0.15) is 8.42 Å². The Morgan fingerprint density at radius 3 is 2.60 bits per heavy atom. The van der Waals surface area contributed by atoms with E-state index in [1.54, 1.807) is 13.8 Å². The van der Waals surface area contributed by atoms with E-state index in [1.165, 1.54) is 11.3 Å². The first-order valence-electron chi connectivity index (χ1n) is 8.05. The Hall–Kier alpha value is -1.10. The second-order valence-electron chi connectivity index (χ2n) is 5.55. The van der Waals surface area contributed by atoms with E-state index in [0.717, 1.165) is 36.1 Å². The molecule has 0 aromatic carbocycles. The maximum absolute atomic E-state index is 12.4. The van der Waals surface area contributed by atoms with Crippen LogP contribution in [0.5, 0.6) is 0 Å². The number of hydrogen-bond donors (Lipinski definition) is 2. The van der Waals surface area contributed by atoms with Gasteiger partial charge in [-0.1, -0.05) is 6.92 Å². The lowest BCUT2D eigenvalue weighted by molar-refractivity contribution is -0.115. The highest BCUT2D eigenvalue weighted by Crippen LogP contribution is 2.39. The van der Waals surface area contributed by atoms with Crippen LogP contribution in [-0.4, -0.2) is 36.7 Å². The van der Waals surface area contributed by atoms with Gasteiger partial charge >= 0.3 is 15.1 Å². The average Bonchev–Trinajstić information content (AvgIpc) is 2.89. The zero-order valence-electron chi connectivity index (χ0n) is 14.0. The summed E-state index contributed by atoms with van der Waals surface area (Å²) < 4.78 is 36.2. The van der Waals surface area contributed by atoms with Gasteiger partial charge in [0.1, 0.15) is 10.3 Å². The average molecular weight is 408 g/mol. The monoisotopic (exact) mass is 407 g/mol. The molecule has 0 aliphatic heterocycles. The Morgan fingerprint density at radius 2 is 2.00 bits per heavy atom. The van der Waals surface area contributed by atoms with Crippen molar-refractivity contribution in [3.8, 4) is 0 Å². The number of anilines is 1. The second kappa shape index (κ2) is 8.52. The number of esters is 1. The first-order chi connectivity index (χ1) is 11.8. The smallest absolute Gasteiger partial charge is 0.341 e. The topological polar surface area (TPSA) is 110 Å². The number of thiophene rings is 1. The van der Waals surface area contributed by atoms with E-state index >= 15 is 0 Å². The highest BCUT2D eigenvalue weighted by molar-refractivity contribution is 8.70. The summed E-state index contributed by atoms with van der Waals surface area (Å²) in [6, 6.07) is 0. The van der Waals surface area contributed by atoms with Crippen molar-refractivity contribution < 1.29 is 27.3 Å². The van der Waals surface area contributed by atoms with E-state index in [9.17, 15) is 18.0 Å². The molecule has 1 amide bonds. The van der Waals surface area contributed by atoms with Crippen LogP contribution in [0.1, 0.15) is 53.9 Å². The molecule has 1 aromatic heterocycles. The third-order valence-electron chi connectivity index (χ3n) is 3.79. The largest absolute Gasteiger partial charge is 0.462 e. The summed E-state index contributed by atoms with van der Waals surface area (Å²) in [6.07, 6.45) is 3.82. The molecular weight excluding hydrogens is 386 g/mol. The van der Waals surface area contributed by atoms with Gasteiger partial charge in [0, 0.05) is 15.7 Å². The number of ether oxygens (including phenoxy) is 1. The molecule has 7 nitrogen and oxygen atoms in total. The molecule has 0 radical (unpaired) electrons. The van der Waals surface area contributed by atoms with E-state index in [4.69, 9.17) is 9.29 Å². The molecule has 0 unspecified atom stereocenters. The van der Waals surface area contributed by atoms with Crippen molar-refractivity contribution in [3.63, 3.8) is 0 Å². The lowest BCUT2D eigenvalue weighted by Gasteiger charge is -2.14. The van der Waals surface area contributed by atoms with Crippen molar-refractivity contribution in [2.75, 3.05) is 11.9 Å². The first-order valence-corrected chi connectivity index (χ1v) is 11.7. The molecule has 1 aliphatic carbocycles. The summed E-state index contributed by atoms with van der Waals surface area (Å²) in [5.41, 5.74) is 1.29. The van der Waals surface area contributed by atoms with Gasteiger partial charge in [-0.15, -0.1) is 11.3 Å². The third kappa shape index (κ3) is 5.19.